The molecule has 1 saturated carbocycles. The Morgan fingerprint density at radius 2 is 1.71 bits per heavy atom. The molecule has 4 amide bonds. The molecule has 1 aliphatic carbocycles. The van der Waals surface area contributed by atoms with E-state index in [9.17, 15) is 24.0 Å². The lowest BCUT2D eigenvalue weighted by Crippen LogP contribution is -2.52. The van der Waals surface area contributed by atoms with Gasteiger partial charge >= 0.3 is 0 Å². The maximum Gasteiger partial charge on any atom is 0.293 e. The van der Waals surface area contributed by atoms with Crippen molar-refractivity contribution in [3.8, 4) is 5.75 Å². The summed E-state index contributed by atoms with van der Waals surface area (Å²) in [5, 5.41) is 12.7. The largest absolute Gasteiger partial charge is 0.478 e. The van der Waals surface area contributed by atoms with E-state index in [4.69, 9.17) is 26.1 Å². The zero-order valence-corrected chi connectivity index (χ0v) is 36.7. The number of imide groups is 1. The third-order valence-electron chi connectivity index (χ3n) is 12.5. The molecule has 0 spiro atoms. The van der Waals surface area contributed by atoms with Crippen molar-refractivity contribution in [3.63, 3.8) is 0 Å². The fraction of sp³-hybridized carbons (Fsp3) is 0.511. The van der Waals surface area contributed by atoms with E-state index >= 15 is 0 Å². The molecule has 5 aliphatic rings. The van der Waals surface area contributed by atoms with Gasteiger partial charge in [-0.3, -0.25) is 34.3 Å². The molecular formula is C45H55ClN10O7. The van der Waals surface area contributed by atoms with Gasteiger partial charge in [-0.05, 0) is 120 Å². The van der Waals surface area contributed by atoms with Gasteiger partial charge in [0.05, 0.1) is 23.9 Å². The zero-order valence-electron chi connectivity index (χ0n) is 36.0. The first-order chi connectivity index (χ1) is 30.4. The van der Waals surface area contributed by atoms with Crippen molar-refractivity contribution in [3.05, 3.63) is 74.9 Å². The number of nitrogens with zero attached hydrogens (tertiary/aromatic N) is 6. The van der Waals surface area contributed by atoms with E-state index in [0.29, 0.717) is 53.6 Å². The minimum absolute atomic E-state index is 0.107. The SMILES string of the molecule is CNC(=O)COc1cc2cc(Nc3nc(N4CCC(OC5CCC5)CC4)ncc3Cl)ccc2n(C(C)C)c1=O.O=C1CCC(N2Cc3cc(C4CCNCC4)cnc3C2=O)C(=O)N1. The average Bonchev–Trinajstić information content (AvgIpc) is 3.60. The number of fused-ring (bicyclic) bond motifs is 2. The number of ether oxygens (including phenoxy) is 2. The van der Waals surface area contributed by atoms with Crippen LogP contribution in [0.15, 0.2) is 47.5 Å². The molecule has 3 saturated heterocycles. The Labute approximate surface area is 370 Å². The summed E-state index contributed by atoms with van der Waals surface area (Å²) >= 11 is 6.47. The van der Waals surface area contributed by atoms with Crippen LogP contribution in [0, 0.1) is 0 Å². The van der Waals surface area contributed by atoms with Gasteiger partial charge in [0.25, 0.3) is 17.4 Å². The molecule has 334 valence electrons. The third-order valence-corrected chi connectivity index (χ3v) is 12.8. The molecular weight excluding hydrogens is 828 g/mol. The number of carbonyl (C=O) groups excluding carboxylic acids is 4. The summed E-state index contributed by atoms with van der Waals surface area (Å²) in [6, 6.07) is 8.71. The molecule has 3 aromatic heterocycles. The summed E-state index contributed by atoms with van der Waals surface area (Å²) in [4.78, 5) is 78.0. The minimum atomic E-state index is -0.577. The first-order valence-electron chi connectivity index (χ1n) is 22.0. The lowest BCUT2D eigenvalue weighted by atomic mass is 9.90. The average molecular weight is 883 g/mol. The third kappa shape index (κ3) is 9.95. The number of halogens is 1. The van der Waals surface area contributed by atoms with Crippen LogP contribution in [0.4, 0.5) is 17.5 Å². The second kappa shape index (κ2) is 19.4. The second-order valence-corrected chi connectivity index (χ2v) is 17.5. The number of carbonyl (C=O) groups is 4. The van der Waals surface area contributed by atoms with Crippen molar-refractivity contribution >= 4 is 63.6 Å². The number of pyridine rings is 2. The van der Waals surface area contributed by atoms with E-state index < -0.39 is 6.04 Å². The fourth-order valence-electron chi connectivity index (χ4n) is 8.78. The number of piperidine rings is 3. The van der Waals surface area contributed by atoms with E-state index in [-0.39, 0.29) is 54.0 Å². The van der Waals surface area contributed by atoms with E-state index in [1.807, 2.05) is 32.0 Å². The van der Waals surface area contributed by atoms with E-state index in [1.54, 1.807) is 27.9 Å². The molecule has 7 heterocycles. The molecule has 63 heavy (non-hydrogen) atoms. The fourth-order valence-corrected chi connectivity index (χ4v) is 8.92. The van der Waals surface area contributed by atoms with Crippen molar-refractivity contribution < 1.29 is 28.7 Å². The van der Waals surface area contributed by atoms with Gasteiger partial charge in [-0.15, -0.1) is 0 Å². The standard InChI is InChI=1S/C28H35ClN6O4.C17H20N4O3/c1-17(2)35-23-8-7-19(13-18(23)14-24(27(35)37)38-16-25(36)30-3)32-26-22(29)15-31-28(33-26)34-11-9-21(10-12-34)39-20-5-4-6-20;22-14-2-1-13(16(23)20-14)21-9-12-7-11(8-19-15(12)17(21)24)10-3-5-18-6-4-10/h7-8,13-15,17,20-21H,4-6,9-12,16H2,1-3H3,(H,30,36)(H,31,32,33);7-8,10,13,18H,1-6,9H2,(H,20,22,23). The molecule has 1 aromatic carbocycles. The van der Waals surface area contributed by atoms with Gasteiger partial charge in [0.1, 0.15) is 16.8 Å². The molecule has 18 heteroatoms. The van der Waals surface area contributed by atoms with Crippen LogP contribution < -0.4 is 36.5 Å². The van der Waals surface area contributed by atoms with Crippen LogP contribution >= 0.6 is 11.6 Å². The number of anilines is 3. The molecule has 4 aliphatic heterocycles. The maximum absolute atomic E-state index is 13.1. The Morgan fingerprint density at radius 1 is 0.952 bits per heavy atom. The summed E-state index contributed by atoms with van der Waals surface area (Å²) in [6.07, 6.45) is 12.5. The Hall–Kier alpha value is -5.65. The summed E-state index contributed by atoms with van der Waals surface area (Å²) in [5.74, 6) is 0.539. The summed E-state index contributed by atoms with van der Waals surface area (Å²) in [6.45, 7) is 7.69. The molecule has 1 atom stereocenters. The van der Waals surface area contributed by atoms with Crippen molar-refractivity contribution in [1.29, 1.82) is 0 Å². The normalized spacial score (nSPS) is 19.6. The molecule has 9 rings (SSSR count). The highest BCUT2D eigenvalue weighted by Gasteiger charge is 2.40. The van der Waals surface area contributed by atoms with E-state index in [2.05, 4.69) is 42.2 Å². The number of amides is 4. The Balaban J connectivity index is 0.000000193. The number of hydrogen-bond donors (Lipinski definition) is 4. The number of hydrogen-bond acceptors (Lipinski definition) is 13. The highest BCUT2D eigenvalue weighted by molar-refractivity contribution is 6.33. The molecule has 4 fully saturated rings. The van der Waals surface area contributed by atoms with Crippen LogP contribution in [-0.4, -0.2) is 106 Å². The van der Waals surface area contributed by atoms with Crippen LogP contribution in [0.1, 0.15) is 105 Å². The molecule has 0 bridgehead atoms. The van der Waals surface area contributed by atoms with Gasteiger partial charge in [0.2, 0.25) is 17.8 Å². The van der Waals surface area contributed by atoms with Crippen LogP contribution in [0.2, 0.25) is 5.02 Å². The van der Waals surface area contributed by atoms with Crippen molar-refractivity contribution in [1.82, 2.24) is 40.4 Å². The van der Waals surface area contributed by atoms with E-state index in [0.717, 1.165) is 74.0 Å². The lowest BCUT2D eigenvalue weighted by Gasteiger charge is -2.36. The van der Waals surface area contributed by atoms with E-state index in [1.165, 1.54) is 31.9 Å². The quantitative estimate of drug-likeness (QED) is 0.151. The Morgan fingerprint density at radius 3 is 2.41 bits per heavy atom. The highest BCUT2D eigenvalue weighted by Crippen LogP contribution is 2.33. The van der Waals surface area contributed by atoms with Gasteiger partial charge in [0.15, 0.2) is 18.2 Å². The first kappa shape index (κ1) is 44.0. The summed E-state index contributed by atoms with van der Waals surface area (Å²) < 4.78 is 13.4. The topological polar surface area (TPSA) is 202 Å². The second-order valence-electron chi connectivity index (χ2n) is 17.1. The number of benzene rings is 1. The van der Waals surface area contributed by atoms with Gasteiger partial charge in [-0.1, -0.05) is 11.6 Å². The minimum Gasteiger partial charge on any atom is -0.478 e. The highest BCUT2D eigenvalue weighted by atomic mass is 35.5. The van der Waals surface area contributed by atoms with Gasteiger partial charge in [-0.2, -0.15) is 4.98 Å². The lowest BCUT2D eigenvalue weighted by molar-refractivity contribution is -0.137. The van der Waals surface area contributed by atoms with Crippen LogP contribution in [0.3, 0.4) is 0 Å². The Bertz CT molecular complexity index is 2430. The van der Waals surface area contributed by atoms with Gasteiger partial charge < -0.3 is 39.8 Å². The predicted molar refractivity (Wildman–Crippen MR) is 238 cm³/mol. The molecule has 17 nitrogen and oxygen atoms in total. The molecule has 0 radical (unpaired) electrons. The number of rotatable bonds is 11. The van der Waals surface area contributed by atoms with Crippen molar-refractivity contribution in [2.45, 2.75) is 108 Å². The Kier molecular flexibility index (Phi) is 13.5. The van der Waals surface area contributed by atoms with Crippen molar-refractivity contribution in [2.24, 2.45) is 0 Å². The monoisotopic (exact) mass is 882 g/mol. The molecule has 1 unspecified atom stereocenters. The van der Waals surface area contributed by atoms with Crippen LogP contribution in [-0.2, 0) is 25.7 Å². The number of aromatic nitrogens is 4. The maximum atomic E-state index is 13.1. The molecule has 4 N–H and O–H groups in total. The van der Waals surface area contributed by atoms with Crippen LogP contribution in [0.25, 0.3) is 10.9 Å². The zero-order chi connectivity index (χ0) is 44.2. The smallest absolute Gasteiger partial charge is 0.293 e. The number of likely N-dealkylation sites (N-methyl/N-ethyl adjacent to an activating group) is 1. The van der Waals surface area contributed by atoms with Gasteiger partial charge in [-0.25, -0.2) is 4.98 Å². The molecule has 4 aromatic rings. The van der Waals surface area contributed by atoms with Crippen LogP contribution in [0.5, 0.6) is 5.75 Å². The summed E-state index contributed by atoms with van der Waals surface area (Å²) in [5.41, 5.74) is 3.72. The predicted octanol–water partition coefficient (Wildman–Crippen LogP) is 4.74. The van der Waals surface area contributed by atoms with Gasteiger partial charge in [0, 0.05) is 62.0 Å². The number of nitrogens with one attached hydrogen (secondary N) is 4. The summed E-state index contributed by atoms with van der Waals surface area (Å²) in [7, 11) is 1.52. The van der Waals surface area contributed by atoms with Crippen molar-refractivity contribution in [2.75, 3.05) is 50.1 Å². The first-order valence-corrected chi connectivity index (χ1v) is 22.4.